The molecule has 2 amide bonds. The number of carbonyl (C=O) groups excluding carboxylic acids is 2. The first-order valence-corrected chi connectivity index (χ1v) is 12.0. The lowest BCUT2D eigenvalue weighted by molar-refractivity contribution is -0.139. The van der Waals surface area contributed by atoms with Crippen molar-refractivity contribution >= 4 is 12.0 Å². The molecule has 182 valence electrons. The summed E-state index contributed by atoms with van der Waals surface area (Å²) in [6, 6.07) is 7.16. The van der Waals surface area contributed by atoms with Gasteiger partial charge in [0.05, 0.1) is 24.3 Å². The second kappa shape index (κ2) is 11.5. The molecular weight excluding hydrogens is 420 g/mol. The second-order valence-electron chi connectivity index (χ2n) is 8.95. The van der Waals surface area contributed by atoms with Crippen molar-refractivity contribution < 1.29 is 19.1 Å². The van der Waals surface area contributed by atoms with E-state index in [1.54, 1.807) is 6.92 Å². The summed E-state index contributed by atoms with van der Waals surface area (Å²) < 4.78 is 11.1. The fraction of sp³-hybridized carbons (Fsp3) is 0.600. The molecule has 2 aliphatic rings. The van der Waals surface area contributed by atoms with Gasteiger partial charge in [-0.1, -0.05) is 19.1 Å². The summed E-state index contributed by atoms with van der Waals surface area (Å²) in [4.78, 5) is 30.3. The molecule has 1 aromatic carbocycles. The van der Waals surface area contributed by atoms with E-state index in [1.807, 2.05) is 38.1 Å². The molecule has 0 spiro atoms. The highest BCUT2D eigenvalue weighted by atomic mass is 16.5. The molecule has 0 bridgehead atoms. The van der Waals surface area contributed by atoms with E-state index in [1.165, 1.54) is 0 Å². The van der Waals surface area contributed by atoms with E-state index in [0.29, 0.717) is 23.9 Å². The predicted molar refractivity (Wildman–Crippen MR) is 128 cm³/mol. The third-order valence-electron chi connectivity index (χ3n) is 6.24. The van der Waals surface area contributed by atoms with E-state index in [4.69, 9.17) is 9.47 Å². The van der Waals surface area contributed by atoms with E-state index in [2.05, 4.69) is 34.3 Å². The lowest BCUT2D eigenvalue weighted by Gasteiger charge is -2.39. The molecule has 0 aliphatic carbocycles. The van der Waals surface area contributed by atoms with Crippen LogP contribution in [0, 0.1) is 0 Å². The van der Waals surface area contributed by atoms with Crippen molar-refractivity contribution in [3.63, 3.8) is 0 Å². The van der Waals surface area contributed by atoms with Gasteiger partial charge in [-0.25, -0.2) is 9.59 Å². The highest BCUT2D eigenvalue weighted by Crippen LogP contribution is 2.30. The predicted octanol–water partition coefficient (Wildman–Crippen LogP) is 3.06. The number of ether oxygens (including phenoxy) is 2. The Bertz CT molecular complexity index is 844. The summed E-state index contributed by atoms with van der Waals surface area (Å²) in [5.41, 5.74) is 1.88. The molecule has 0 saturated carbocycles. The topological polar surface area (TPSA) is 83.1 Å². The number of urea groups is 1. The number of piperazine rings is 1. The maximum atomic E-state index is 13.0. The molecule has 2 heterocycles. The summed E-state index contributed by atoms with van der Waals surface area (Å²) >= 11 is 0. The van der Waals surface area contributed by atoms with Crippen LogP contribution in [0.3, 0.4) is 0 Å². The van der Waals surface area contributed by atoms with Crippen LogP contribution in [0.25, 0.3) is 0 Å². The maximum Gasteiger partial charge on any atom is 0.338 e. The molecule has 0 unspecified atom stereocenters. The molecule has 1 saturated heterocycles. The van der Waals surface area contributed by atoms with Gasteiger partial charge in [0.15, 0.2) is 0 Å². The van der Waals surface area contributed by atoms with Gasteiger partial charge in [-0.05, 0) is 51.8 Å². The van der Waals surface area contributed by atoms with Gasteiger partial charge in [-0.2, -0.15) is 0 Å². The number of benzene rings is 1. The van der Waals surface area contributed by atoms with Crippen LogP contribution >= 0.6 is 0 Å². The summed E-state index contributed by atoms with van der Waals surface area (Å²) in [7, 11) is 0. The van der Waals surface area contributed by atoms with Gasteiger partial charge in [0.25, 0.3) is 0 Å². The van der Waals surface area contributed by atoms with Gasteiger partial charge >= 0.3 is 12.0 Å². The zero-order valence-electron chi connectivity index (χ0n) is 20.5. The highest BCUT2D eigenvalue weighted by Gasteiger charge is 2.35. The molecule has 8 nitrogen and oxygen atoms in total. The number of amides is 2. The smallest absolute Gasteiger partial charge is 0.338 e. The van der Waals surface area contributed by atoms with Crippen LogP contribution in [0.2, 0.25) is 0 Å². The summed E-state index contributed by atoms with van der Waals surface area (Å²) in [6.07, 6.45) is 1.19. The van der Waals surface area contributed by atoms with Crippen molar-refractivity contribution in [2.45, 2.75) is 59.2 Å². The van der Waals surface area contributed by atoms with Crippen molar-refractivity contribution in [1.82, 2.24) is 20.4 Å². The average molecular weight is 459 g/mol. The van der Waals surface area contributed by atoms with Crippen LogP contribution in [-0.2, 0) is 9.53 Å². The van der Waals surface area contributed by atoms with Crippen molar-refractivity contribution in [1.29, 1.82) is 0 Å². The molecule has 1 fully saturated rings. The Labute approximate surface area is 197 Å². The second-order valence-corrected chi connectivity index (χ2v) is 8.95. The van der Waals surface area contributed by atoms with Crippen LogP contribution in [0.4, 0.5) is 4.79 Å². The normalized spacial score (nSPS) is 20.9. The van der Waals surface area contributed by atoms with Crippen molar-refractivity contribution in [3.05, 3.63) is 41.1 Å². The number of nitrogens with zero attached hydrogens (tertiary/aromatic N) is 2. The Morgan fingerprint density at radius 2 is 1.76 bits per heavy atom. The van der Waals surface area contributed by atoms with Crippen LogP contribution in [-0.4, -0.2) is 73.3 Å². The van der Waals surface area contributed by atoms with Gasteiger partial charge in [0.2, 0.25) is 0 Å². The van der Waals surface area contributed by atoms with E-state index in [-0.39, 0.29) is 18.7 Å². The molecule has 3 rings (SSSR count). The lowest BCUT2D eigenvalue weighted by Crippen LogP contribution is -2.53. The molecule has 33 heavy (non-hydrogen) atoms. The SMILES string of the molecule is CCOC(=O)C1=C(CN2CCN([C@H](C)CC)CC2)NC(=O)N[C@@H]1c1ccc(OC(C)C)cc1. The van der Waals surface area contributed by atoms with Gasteiger partial charge < -0.3 is 20.1 Å². The Kier molecular flexibility index (Phi) is 8.74. The molecule has 8 heteroatoms. The monoisotopic (exact) mass is 458 g/mol. The molecule has 0 radical (unpaired) electrons. The zero-order chi connectivity index (χ0) is 24.0. The minimum absolute atomic E-state index is 0.0665. The molecule has 0 aromatic heterocycles. The minimum atomic E-state index is -0.581. The average Bonchev–Trinajstić information content (AvgIpc) is 2.79. The number of rotatable bonds is 9. The quantitative estimate of drug-likeness (QED) is 0.554. The van der Waals surface area contributed by atoms with E-state index < -0.39 is 12.0 Å². The first kappa shape index (κ1) is 25.1. The van der Waals surface area contributed by atoms with Crippen LogP contribution in [0.5, 0.6) is 5.75 Å². The fourth-order valence-corrected chi connectivity index (χ4v) is 4.30. The molecular formula is C25H38N4O4. The largest absolute Gasteiger partial charge is 0.491 e. The zero-order valence-corrected chi connectivity index (χ0v) is 20.5. The van der Waals surface area contributed by atoms with Crippen molar-refractivity contribution in [2.75, 3.05) is 39.3 Å². The van der Waals surface area contributed by atoms with Crippen molar-refractivity contribution in [3.8, 4) is 5.75 Å². The first-order valence-electron chi connectivity index (χ1n) is 12.0. The molecule has 2 N–H and O–H groups in total. The lowest BCUT2D eigenvalue weighted by atomic mass is 9.94. The molecule has 2 atom stereocenters. The van der Waals surface area contributed by atoms with Gasteiger partial charge in [0, 0.05) is 44.5 Å². The molecule has 1 aromatic rings. The Morgan fingerprint density at radius 3 is 2.33 bits per heavy atom. The van der Waals surface area contributed by atoms with Crippen LogP contribution < -0.4 is 15.4 Å². The minimum Gasteiger partial charge on any atom is -0.491 e. The number of hydrogen-bond acceptors (Lipinski definition) is 6. The number of nitrogens with one attached hydrogen (secondary N) is 2. The van der Waals surface area contributed by atoms with Gasteiger partial charge in [-0.15, -0.1) is 0 Å². The number of carbonyl (C=O) groups is 2. The van der Waals surface area contributed by atoms with Crippen LogP contribution in [0.1, 0.15) is 52.6 Å². The first-order chi connectivity index (χ1) is 15.8. The summed E-state index contributed by atoms with van der Waals surface area (Å²) in [6.45, 7) is 14.7. The highest BCUT2D eigenvalue weighted by molar-refractivity contribution is 5.95. The van der Waals surface area contributed by atoms with E-state index in [9.17, 15) is 9.59 Å². The number of esters is 1. The third kappa shape index (κ3) is 6.48. The molecule has 2 aliphatic heterocycles. The van der Waals surface area contributed by atoms with E-state index in [0.717, 1.165) is 43.9 Å². The summed E-state index contributed by atoms with van der Waals surface area (Å²) in [5.74, 6) is 0.334. The van der Waals surface area contributed by atoms with Crippen molar-refractivity contribution in [2.24, 2.45) is 0 Å². The van der Waals surface area contributed by atoms with Gasteiger partial charge in [-0.3, -0.25) is 9.80 Å². The standard InChI is InChI=1S/C25H38N4O4/c1-6-18(5)29-14-12-28(13-15-29)16-21-22(24(30)32-7-2)23(27-25(31)26-21)19-8-10-20(11-9-19)33-17(3)4/h8-11,17-18,23H,6-7,12-16H2,1-5H3,(H2,26,27,31)/t18-,23-/m1/s1. The number of hydrogen-bond donors (Lipinski definition) is 2. The Hall–Kier alpha value is -2.58. The Balaban J connectivity index is 1.84. The Morgan fingerprint density at radius 1 is 1.09 bits per heavy atom. The van der Waals surface area contributed by atoms with Crippen LogP contribution in [0.15, 0.2) is 35.5 Å². The third-order valence-corrected chi connectivity index (χ3v) is 6.24. The van der Waals surface area contributed by atoms with E-state index >= 15 is 0 Å². The summed E-state index contributed by atoms with van der Waals surface area (Å²) in [5, 5.41) is 5.79. The fourth-order valence-electron chi connectivity index (χ4n) is 4.30. The maximum absolute atomic E-state index is 13.0. The van der Waals surface area contributed by atoms with Gasteiger partial charge in [0.1, 0.15) is 5.75 Å².